The van der Waals surface area contributed by atoms with Crippen LogP contribution in [0.25, 0.3) is 0 Å². The van der Waals surface area contributed by atoms with Crippen molar-refractivity contribution in [3.8, 4) is 5.75 Å². The lowest BCUT2D eigenvalue weighted by Gasteiger charge is -2.23. The summed E-state index contributed by atoms with van der Waals surface area (Å²) in [5, 5.41) is 3.86. The summed E-state index contributed by atoms with van der Waals surface area (Å²) in [5.41, 5.74) is 2.72. The maximum Gasteiger partial charge on any atom is 0.270 e. The minimum atomic E-state index is -0.174. The number of rotatable bonds is 4. The van der Waals surface area contributed by atoms with Gasteiger partial charge in [-0.15, -0.1) is 0 Å². The Bertz CT molecular complexity index is 704. The highest BCUT2D eigenvalue weighted by atomic mass is 16.5. The molecule has 138 valence electrons. The second kappa shape index (κ2) is 8.46. The Kier molecular flexibility index (Phi) is 5.83. The predicted octanol–water partition coefficient (Wildman–Crippen LogP) is 0.392. The highest BCUT2D eigenvalue weighted by molar-refractivity contribution is 6.39. The minimum absolute atomic E-state index is 0.0172. The second-order valence-corrected chi connectivity index (χ2v) is 6.22. The standard InChI is InChI=1S/C18H22N4O4/c23-16-8-7-15(19-20-16)18(25)22-10-4-9-21(11-12-22)17(24)13-26-14-5-2-1-3-6-14/h1-3,5-6H,4,7-13H2,(H,20,23). The van der Waals surface area contributed by atoms with Crippen LogP contribution < -0.4 is 10.2 Å². The van der Waals surface area contributed by atoms with E-state index in [0.29, 0.717) is 50.5 Å². The number of hydrogen-bond donors (Lipinski definition) is 1. The van der Waals surface area contributed by atoms with Gasteiger partial charge < -0.3 is 14.5 Å². The Morgan fingerprint density at radius 2 is 1.77 bits per heavy atom. The van der Waals surface area contributed by atoms with E-state index in [2.05, 4.69) is 10.5 Å². The minimum Gasteiger partial charge on any atom is -0.484 e. The molecule has 0 atom stereocenters. The fourth-order valence-electron chi connectivity index (χ4n) is 2.93. The van der Waals surface area contributed by atoms with Gasteiger partial charge in [0.25, 0.3) is 11.8 Å². The summed E-state index contributed by atoms with van der Waals surface area (Å²) in [6.45, 7) is 2.04. The van der Waals surface area contributed by atoms with E-state index in [9.17, 15) is 14.4 Å². The zero-order chi connectivity index (χ0) is 18.4. The molecule has 0 radical (unpaired) electrons. The topological polar surface area (TPSA) is 91.3 Å². The SMILES string of the molecule is O=C1CCC(C(=O)N2CCCN(C(=O)COc3ccccc3)CC2)=NN1. The molecule has 0 saturated carbocycles. The summed E-state index contributed by atoms with van der Waals surface area (Å²) < 4.78 is 5.51. The van der Waals surface area contributed by atoms with Crippen molar-refractivity contribution in [1.82, 2.24) is 15.2 Å². The summed E-state index contributed by atoms with van der Waals surface area (Å²) in [6.07, 6.45) is 1.33. The van der Waals surface area contributed by atoms with Crippen LogP contribution in [-0.4, -0.2) is 66.0 Å². The number of para-hydroxylation sites is 1. The Hall–Kier alpha value is -2.90. The molecule has 1 aromatic carbocycles. The Morgan fingerprint density at radius 1 is 1.04 bits per heavy atom. The number of amides is 3. The second-order valence-electron chi connectivity index (χ2n) is 6.22. The van der Waals surface area contributed by atoms with Gasteiger partial charge in [-0.25, -0.2) is 5.43 Å². The van der Waals surface area contributed by atoms with Gasteiger partial charge in [0.15, 0.2) is 6.61 Å². The number of carbonyl (C=O) groups is 3. The molecule has 3 rings (SSSR count). The maximum atomic E-state index is 12.5. The highest BCUT2D eigenvalue weighted by Crippen LogP contribution is 2.11. The number of nitrogens with one attached hydrogen (secondary N) is 1. The third-order valence-electron chi connectivity index (χ3n) is 4.39. The predicted molar refractivity (Wildman–Crippen MR) is 94.5 cm³/mol. The van der Waals surface area contributed by atoms with Crippen molar-refractivity contribution in [3.05, 3.63) is 30.3 Å². The molecular weight excluding hydrogens is 336 g/mol. The summed E-state index contributed by atoms with van der Waals surface area (Å²) in [5.74, 6) is 0.225. The van der Waals surface area contributed by atoms with Gasteiger partial charge in [-0.3, -0.25) is 14.4 Å². The van der Waals surface area contributed by atoms with Gasteiger partial charge in [0.1, 0.15) is 11.5 Å². The molecule has 1 N–H and O–H groups in total. The largest absolute Gasteiger partial charge is 0.484 e. The molecule has 0 spiro atoms. The monoisotopic (exact) mass is 358 g/mol. The average Bonchev–Trinajstić information content (AvgIpc) is 2.93. The van der Waals surface area contributed by atoms with Gasteiger partial charge in [-0.05, 0) is 18.6 Å². The molecule has 26 heavy (non-hydrogen) atoms. The van der Waals surface area contributed by atoms with Crippen LogP contribution in [0.1, 0.15) is 19.3 Å². The number of ether oxygens (including phenoxy) is 1. The van der Waals surface area contributed by atoms with Gasteiger partial charge in [0, 0.05) is 39.0 Å². The highest BCUT2D eigenvalue weighted by Gasteiger charge is 2.26. The van der Waals surface area contributed by atoms with Gasteiger partial charge in [0.2, 0.25) is 5.91 Å². The van der Waals surface area contributed by atoms with Crippen LogP contribution in [0.3, 0.4) is 0 Å². The van der Waals surface area contributed by atoms with Crippen molar-refractivity contribution in [2.45, 2.75) is 19.3 Å². The molecule has 3 amide bonds. The van der Waals surface area contributed by atoms with Crippen LogP contribution >= 0.6 is 0 Å². The average molecular weight is 358 g/mol. The van der Waals surface area contributed by atoms with Gasteiger partial charge in [0.05, 0.1) is 0 Å². The zero-order valence-corrected chi connectivity index (χ0v) is 14.5. The fraction of sp³-hybridized carbons (Fsp3) is 0.444. The van der Waals surface area contributed by atoms with Gasteiger partial charge >= 0.3 is 0 Å². The first-order valence-corrected chi connectivity index (χ1v) is 8.74. The Morgan fingerprint density at radius 3 is 2.50 bits per heavy atom. The first kappa shape index (κ1) is 17.9. The normalized spacial score (nSPS) is 17.8. The molecule has 0 unspecified atom stereocenters. The molecule has 0 bridgehead atoms. The lowest BCUT2D eigenvalue weighted by molar-refractivity contribution is -0.133. The van der Waals surface area contributed by atoms with E-state index in [1.54, 1.807) is 21.9 Å². The lowest BCUT2D eigenvalue weighted by atomic mass is 10.1. The molecule has 2 aliphatic heterocycles. The Balaban J connectivity index is 1.50. The number of nitrogens with zero attached hydrogens (tertiary/aromatic N) is 3. The number of hydrogen-bond acceptors (Lipinski definition) is 5. The molecule has 0 aliphatic carbocycles. The van der Waals surface area contributed by atoms with Crippen LogP contribution in [0.5, 0.6) is 5.75 Å². The van der Waals surface area contributed by atoms with Crippen LogP contribution in [0.2, 0.25) is 0 Å². The molecular formula is C18H22N4O4. The van der Waals surface area contributed by atoms with E-state index in [0.717, 1.165) is 0 Å². The molecule has 8 nitrogen and oxygen atoms in total. The van der Waals surface area contributed by atoms with Crippen molar-refractivity contribution < 1.29 is 19.1 Å². The molecule has 2 heterocycles. The van der Waals surface area contributed by atoms with E-state index in [1.807, 2.05) is 18.2 Å². The molecule has 1 saturated heterocycles. The van der Waals surface area contributed by atoms with Crippen LogP contribution in [0.15, 0.2) is 35.4 Å². The lowest BCUT2D eigenvalue weighted by Crippen LogP contribution is -2.43. The third-order valence-corrected chi connectivity index (χ3v) is 4.39. The van der Waals surface area contributed by atoms with Gasteiger partial charge in [-0.1, -0.05) is 18.2 Å². The summed E-state index contributed by atoms with van der Waals surface area (Å²) in [4.78, 5) is 39.4. The molecule has 0 aromatic heterocycles. The van der Waals surface area contributed by atoms with Crippen LogP contribution in [0, 0.1) is 0 Å². The quantitative estimate of drug-likeness (QED) is 0.843. The molecule has 2 aliphatic rings. The number of benzene rings is 1. The maximum absolute atomic E-state index is 12.5. The molecule has 1 aromatic rings. The molecule has 8 heteroatoms. The van der Waals surface area contributed by atoms with E-state index >= 15 is 0 Å². The van der Waals surface area contributed by atoms with Crippen molar-refractivity contribution >= 4 is 23.4 Å². The van der Waals surface area contributed by atoms with E-state index in [-0.39, 0.29) is 30.7 Å². The van der Waals surface area contributed by atoms with Crippen molar-refractivity contribution in [1.29, 1.82) is 0 Å². The van der Waals surface area contributed by atoms with Crippen molar-refractivity contribution in [3.63, 3.8) is 0 Å². The van der Waals surface area contributed by atoms with E-state index in [1.165, 1.54) is 0 Å². The van der Waals surface area contributed by atoms with Gasteiger partial charge in [-0.2, -0.15) is 5.10 Å². The number of hydrazone groups is 1. The summed E-state index contributed by atoms with van der Waals surface area (Å²) >= 11 is 0. The summed E-state index contributed by atoms with van der Waals surface area (Å²) in [6, 6.07) is 9.20. The van der Waals surface area contributed by atoms with E-state index < -0.39 is 0 Å². The number of carbonyl (C=O) groups excluding carboxylic acids is 3. The first-order valence-electron chi connectivity index (χ1n) is 8.74. The van der Waals surface area contributed by atoms with Crippen molar-refractivity contribution in [2.75, 3.05) is 32.8 Å². The third kappa shape index (κ3) is 4.59. The molecule has 1 fully saturated rings. The fourth-order valence-corrected chi connectivity index (χ4v) is 2.93. The zero-order valence-electron chi connectivity index (χ0n) is 14.5. The summed E-state index contributed by atoms with van der Waals surface area (Å²) in [7, 11) is 0. The van der Waals surface area contributed by atoms with E-state index in [4.69, 9.17) is 4.74 Å². The van der Waals surface area contributed by atoms with Crippen LogP contribution in [-0.2, 0) is 14.4 Å². The first-order chi connectivity index (χ1) is 12.6. The smallest absolute Gasteiger partial charge is 0.270 e. The Labute approximate surface area is 151 Å². The van der Waals surface area contributed by atoms with Crippen molar-refractivity contribution in [2.24, 2.45) is 5.10 Å². The van der Waals surface area contributed by atoms with Crippen LogP contribution in [0.4, 0.5) is 0 Å².